The van der Waals surface area contributed by atoms with Crippen LogP contribution >= 0.6 is 0 Å². The Bertz CT molecular complexity index is 851. The highest BCUT2D eigenvalue weighted by Gasteiger charge is 2.44. The maximum atomic E-state index is 12.5. The van der Waals surface area contributed by atoms with Gasteiger partial charge in [0.15, 0.2) is 0 Å². The smallest absolute Gasteiger partial charge is 0.302 e. The van der Waals surface area contributed by atoms with Crippen molar-refractivity contribution in [1.29, 1.82) is 0 Å². The first-order chi connectivity index (χ1) is 11.5. The molecular formula is C19H15NO4. The van der Waals surface area contributed by atoms with E-state index < -0.39 is 28.9 Å². The lowest BCUT2D eigenvalue weighted by Gasteiger charge is -2.12. The molecule has 2 aromatic carbocycles. The summed E-state index contributed by atoms with van der Waals surface area (Å²) in [5.74, 6) is -3.13. The SMILES string of the molecule is Cc1ccc(/C(O)=C2\C(=O)C(=O)N(Cc3ccccc3)C2=O)cc1. The second-order valence-electron chi connectivity index (χ2n) is 5.60. The van der Waals surface area contributed by atoms with Crippen molar-refractivity contribution in [2.75, 3.05) is 0 Å². The van der Waals surface area contributed by atoms with Gasteiger partial charge in [-0.1, -0.05) is 60.2 Å². The molecule has 5 nitrogen and oxygen atoms in total. The van der Waals surface area contributed by atoms with Crippen molar-refractivity contribution in [3.05, 3.63) is 76.9 Å². The fourth-order valence-electron chi connectivity index (χ4n) is 2.53. The summed E-state index contributed by atoms with van der Waals surface area (Å²) in [6.45, 7) is 1.87. The summed E-state index contributed by atoms with van der Waals surface area (Å²) in [6.07, 6.45) is 0. The molecule has 1 saturated heterocycles. The minimum absolute atomic E-state index is 0.00504. The second kappa shape index (κ2) is 6.12. The van der Waals surface area contributed by atoms with Gasteiger partial charge in [0.05, 0.1) is 6.54 Å². The number of Topliss-reactive ketones (excluding diaryl/α,β-unsaturated/α-hetero) is 1. The van der Waals surface area contributed by atoms with Crippen molar-refractivity contribution in [3.63, 3.8) is 0 Å². The van der Waals surface area contributed by atoms with Crippen LogP contribution < -0.4 is 0 Å². The Balaban J connectivity index is 1.97. The number of amides is 2. The monoisotopic (exact) mass is 321 g/mol. The van der Waals surface area contributed by atoms with E-state index in [1.54, 1.807) is 48.5 Å². The Labute approximate surface area is 138 Å². The van der Waals surface area contributed by atoms with Gasteiger partial charge < -0.3 is 5.11 Å². The summed E-state index contributed by atoms with van der Waals surface area (Å²) in [4.78, 5) is 37.6. The van der Waals surface area contributed by atoms with E-state index in [1.807, 2.05) is 13.0 Å². The molecule has 1 fully saturated rings. The molecule has 0 aliphatic carbocycles. The van der Waals surface area contributed by atoms with Gasteiger partial charge in [0.1, 0.15) is 11.3 Å². The van der Waals surface area contributed by atoms with Gasteiger partial charge in [-0.15, -0.1) is 0 Å². The van der Waals surface area contributed by atoms with Crippen molar-refractivity contribution in [3.8, 4) is 0 Å². The molecule has 2 aromatic rings. The molecule has 120 valence electrons. The Morgan fingerprint density at radius 2 is 1.54 bits per heavy atom. The molecule has 0 bridgehead atoms. The number of rotatable bonds is 3. The van der Waals surface area contributed by atoms with Gasteiger partial charge in [0, 0.05) is 5.56 Å². The van der Waals surface area contributed by atoms with E-state index in [2.05, 4.69) is 0 Å². The maximum absolute atomic E-state index is 12.5. The van der Waals surface area contributed by atoms with Crippen LogP contribution in [-0.2, 0) is 20.9 Å². The quantitative estimate of drug-likeness (QED) is 0.310. The highest BCUT2D eigenvalue weighted by atomic mass is 16.3. The van der Waals surface area contributed by atoms with Gasteiger partial charge in [-0.25, -0.2) is 0 Å². The van der Waals surface area contributed by atoms with Gasteiger partial charge >= 0.3 is 5.91 Å². The molecule has 0 spiro atoms. The molecule has 1 heterocycles. The fraction of sp³-hybridized carbons (Fsp3) is 0.105. The van der Waals surface area contributed by atoms with Crippen LogP contribution in [-0.4, -0.2) is 27.6 Å². The van der Waals surface area contributed by atoms with Crippen molar-refractivity contribution in [1.82, 2.24) is 4.90 Å². The molecule has 0 atom stereocenters. The number of carbonyl (C=O) groups is 3. The fourth-order valence-corrected chi connectivity index (χ4v) is 2.53. The first kappa shape index (κ1) is 15.7. The molecular weight excluding hydrogens is 306 g/mol. The Kier molecular flexibility index (Phi) is 4.00. The zero-order chi connectivity index (χ0) is 17.3. The normalized spacial score (nSPS) is 16.7. The number of aliphatic hydroxyl groups excluding tert-OH is 1. The molecule has 1 aliphatic heterocycles. The molecule has 2 amide bonds. The molecule has 0 saturated carbocycles. The zero-order valence-corrected chi connectivity index (χ0v) is 13.0. The molecule has 0 unspecified atom stereocenters. The topological polar surface area (TPSA) is 74.7 Å². The third-order valence-corrected chi connectivity index (χ3v) is 3.87. The van der Waals surface area contributed by atoms with Gasteiger partial charge in [0.25, 0.3) is 11.7 Å². The number of benzene rings is 2. The first-order valence-corrected chi connectivity index (χ1v) is 7.44. The van der Waals surface area contributed by atoms with Crippen LogP contribution in [0.3, 0.4) is 0 Å². The molecule has 1 N–H and O–H groups in total. The average molecular weight is 321 g/mol. The number of imide groups is 1. The highest BCUT2D eigenvalue weighted by molar-refractivity contribution is 6.58. The average Bonchev–Trinajstić information content (AvgIpc) is 2.79. The maximum Gasteiger partial charge on any atom is 0.302 e. The summed E-state index contributed by atoms with van der Waals surface area (Å²) in [7, 11) is 0. The van der Waals surface area contributed by atoms with Gasteiger partial charge in [-0.3, -0.25) is 19.3 Å². The lowest BCUT2D eigenvalue weighted by atomic mass is 10.1. The van der Waals surface area contributed by atoms with Crippen LogP contribution in [0.4, 0.5) is 0 Å². The second-order valence-corrected chi connectivity index (χ2v) is 5.60. The molecule has 1 aliphatic rings. The van der Waals surface area contributed by atoms with Crippen molar-refractivity contribution in [2.24, 2.45) is 0 Å². The zero-order valence-electron chi connectivity index (χ0n) is 13.0. The van der Waals surface area contributed by atoms with Crippen molar-refractivity contribution >= 4 is 23.4 Å². The standard InChI is InChI=1S/C19H15NO4/c1-12-7-9-14(10-8-12)16(21)15-17(22)19(24)20(18(15)23)11-13-5-3-2-4-6-13/h2-10,21H,11H2,1H3/b16-15-. The molecule has 5 heteroatoms. The van der Waals surface area contributed by atoms with Crippen molar-refractivity contribution in [2.45, 2.75) is 13.5 Å². The predicted octanol–water partition coefficient (Wildman–Crippen LogP) is 2.40. The first-order valence-electron chi connectivity index (χ1n) is 7.44. The Morgan fingerprint density at radius 3 is 2.17 bits per heavy atom. The van der Waals surface area contributed by atoms with Gasteiger partial charge in [-0.05, 0) is 12.5 Å². The summed E-state index contributed by atoms with van der Waals surface area (Å²) in [6, 6.07) is 15.6. The van der Waals surface area contributed by atoms with E-state index in [-0.39, 0.29) is 6.54 Å². The molecule has 3 rings (SSSR count). The Hall–Kier alpha value is -3.21. The van der Waals surface area contributed by atoms with Gasteiger partial charge in [-0.2, -0.15) is 0 Å². The van der Waals surface area contributed by atoms with Crippen LogP contribution in [0.25, 0.3) is 5.76 Å². The summed E-state index contributed by atoms with van der Waals surface area (Å²) in [5.41, 5.74) is 1.55. The van der Waals surface area contributed by atoms with E-state index in [0.717, 1.165) is 16.0 Å². The van der Waals surface area contributed by atoms with Crippen LogP contribution in [0.2, 0.25) is 0 Å². The number of nitrogens with zero attached hydrogens (tertiary/aromatic N) is 1. The minimum Gasteiger partial charge on any atom is -0.506 e. The van der Waals surface area contributed by atoms with E-state index >= 15 is 0 Å². The number of hydrogen-bond donors (Lipinski definition) is 1. The summed E-state index contributed by atoms with van der Waals surface area (Å²) < 4.78 is 0. The number of hydrogen-bond acceptors (Lipinski definition) is 4. The van der Waals surface area contributed by atoms with Crippen LogP contribution in [0, 0.1) is 6.92 Å². The third-order valence-electron chi connectivity index (χ3n) is 3.87. The van der Waals surface area contributed by atoms with Crippen LogP contribution in [0.1, 0.15) is 16.7 Å². The lowest BCUT2D eigenvalue weighted by Crippen LogP contribution is -2.30. The minimum atomic E-state index is -0.978. The molecule has 0 aromatic heterocycles. The number of ketones is 1. The summed E-state index contributed by atoms with van der Waals surface area (Å²) in [5, 5.41) is 10.3. The summed E-state index contributed by atoms with van der Waals surface area (Å²) >= 11 is 0. The molecule has 24 heavy (non-hydrogen) atoms. The van der Waals surface area contributed by atoms with E-state index in [0.29, 0.717) is 5.56 Å². The van der Waals surface area contributed by atoms with E-state index in [1.165, 1.54) is 0 Å². The van der Waals surface area contributed by atoms with Crippen LogP contribution in [0.5, 0.6) is 0 Å². The predicted molar refractivity (Wildman–Crippen MR) is 87.7 cm³/mol. The number of likely N-dealkylation sites (tertiary alicyclic amines) is 1. The largest absolute Gasteiger partial charge is 0.506 e. The highest BCUT2D eigenvalue weighted by Crippen LogP contribution is 2.25. The number of aliphatic hydroxyl groups is 1. The van der Waals surface area contributed by atoms with E-state index in [4.69, 9.17) is 0 Å². The number of aryl methyl sites for hydroxylation is 1. The third kappa shape index (κ3) is 2.72. The Morgan fingerprint density at radius 1 is 0.917 bits per heavy atom. The lowest BCUT2D eigenvalue weighted by molar-refractivity contribution is -0.143. The van der Waals surface area contributed by atoms with Crippen molar-refractivity contribution < 1.29 is 19.5 Å². The van der Waals surface area contributed by atoms with Gasteiger partial charge in [0.2, 0.25) is 0 Å². The number of carbonyl (C=O) groups excluding carboxylic acids is 3. The molecule has 0 radical (unpaired) electrons. The van der Waals surface area contributed by atoms with Crippen LogP contribution in [0.15, 0.2) is 60.2 Å². The van der Waals surface area contributed by atoms with E-state index in [9.17, 15) is 19.5 Å².